The Morgan fingerprint density at radius 2 is 2.08 bits per heavy atom. The average Bonchev–Trinajstić information content (AvgIpc) is 3.17. The highest BCUT2D eigenvalue weighted by molar-refractivity contribution is 5.96. The summed E-state index contributed by atoms with van der Waals surface area (Å²) in [4.78, 5) is 21.5. The number of pyridine rings is 1. The number of aryl methyl sites for hydroxylation is 1. The maximum atomic E-state index is 12.7. The number of likely N-dealkylation sites (tertiary alicyclic amines) is 1. The molecule has 1 aromatic carbocycles. The average molecular weight is 346 g/mol. The molecule has 5 heteroatoms. The molecule has 2 aliphatic rings. The van der Waals surface area contributed by atoms with Crippen LogP contribution in [-0.4, -0.2) is 35.4 Å². The smallest absolute Gasteiger partial charge is 0.227 e. The molecule has 3 heterocycles. The van der Waals surface area contributed by atoms with Gasteiger partial charge in [0, 0.05) is 42.9 Å². The summed E-state index contributed by atoms with van der Waals surface area (Å²) in [6.45, 7) is 5.50. The van der Waals surface area contributed by atoms with Crippen LogP contribution in [0.15, 0.2) is 42.5 Å². The lowest BCUT2D eigenvalue weighted by Crippen LogP contribution is -2.31. The first-order valence-electron chi connectivity index (χ1n) is 9.02. The first-order valence-corrected chi connectivity index (χ1v) is 9.02. The highest BCUT2D eigenvalue weighted by Crippen LogP contribution is 2.42. The van der Waals surface area contributed by atoms with Gasteiger partial charge in [0.25, 0.3) is 0 Å². The monoisotopic (exact) mass is 346 g/mol. The number of carbonyl (C=O) groups is 1. The third-order valence-electron chi connectivity index (χ3n) is 5.46. The molecular weight excluding hydrogens is 324 g/mol. The summed E-state index contributed by atoms with van der Waals surface area (Å²) in [6, 6.07) is 15.6. The van der Waals surface area contributed by atoms with Gasteiger partial charge in [-0.2, -0.15) is 5.26 Å². The van der Waals surface area contributed by atoms with Crippen LogP contribution in [0.3, 0.4) is 0 Å². The van der Waals surface area contributed by atoms with E-state index < -0.39 is 0 Å². The van der Waals surface area contributed by atoms with E-state index in [2.05, 4.69) is 22.0 Å². The van der Waals surface area contributed by atoms with Gasteiger partial charge < -0.3 is 4.90 Å². The van der Waals surface area contributed by atoms with Crippen molar-refractivity contribution in [3.63, 3.8) is 0 Å². The highest BCUT2D eigenvalue weighted by atomic mass is 16.2. The van der Waals surface area contributed by atoms with Gasteiger partial charge in [-0.15, -0.1) is 0 Å². The first kappa shape index (κ1) is 16.7. The molecule has 0 bridgehead atoms. The summed E-state index contributed by atoms with van der Waals surface area (Å²) in [5.74, 6) is 0.163. The molecule has 26 heavy (non-hydrogen) atoms. The van der Waals surface area contributed by atoms with E-state index >= 15 is 0 Å². The van der Waals surface area contributed by atoms with Crippen molar-refractivity contribution in [2.75, 3.05) is 24.5 Å². The van der Waals surface area contributed by atoms with Crippen molar-refractivity contribution in [3.05, 3.63) is 59.4 Å². The molecule has 1 unspecified atom stereocenters. The molecule has 0 saturated carbocycles. The summed E-state index contributed by atoms with van der Waals surface area (Å²) in [6.07, 6.45) is 1.61. The fourth-order valence-electron chi connectivity index (χ4n) is 4.23. The van der Waals surface area contributed by atoms with Gasteiger partial charge in [0.05, 0.1) is 17.3 Å². The van der Waals surface area contributed by atoms with Crippen molar-refractivity contribution < 1.29 is 4.79 Å². The molecule has 0 radical (unpaired) electrons. The minimum Gasteiger partial charge on any atom is -0.312 e. The van der Waals surface area contributed by atoms with Crippen LogP contribution in [0.2, 0.25) is 0 Å². The zero-order valence-electron chi connectivity index (χ0n) is 15.0. The highest BCUT2D eigenvalue weighted by Gasteiger charge is 2.47. The van der Waals surface area contributed by atoms with Crippen LogP contribution in [0, 0.1) is 23.7 Å². The van der Waals surface area contributed by atoms with E-state index in [4.69, 9.17) is 5.26 Å². The summed E-state index contributed by atoms with van der Waals surface area (Å²) >= 11 is 0. The van der Waals surface area contributed by atoms with E-state index in [-0.39, 0.29) is 11.3 Å². The minimum absolute atomic E-state index is 0.0174. The Morgan fingerprint density at radius 3 is 2.88 bits per heavy atom. The number of aromatic nitrogens is 1. The molecule has 1 spiro atoms. The second-order valence-corrected chi connectivity index (χ2v) is 7.55. The van der Waals surface area contributed by atoms with Gasteiger partial charge in [-0.3, -0.25) is 14.7 Å². The third kappa shape index (κ3) is 3.21. The Labute approximate surface area is 153 Å². The Hall–Kier alpha value is -2.71. The van der Waals surface area contributed by atoms with Crippen molar-refractivity contribution in [2.24, 2.45) is 5.41 Å². The summed E-state index contributed by atoms with van der Waals surface area (Å²) < 4.78 is 0. The number of benzene rings is 1. The van der Waals surface area contributed by atoms with Gasteiger partial charge in [0.2, 0.25) is 5.91 Å². The SMILES string of the molecule is Cc1cccc(CN2CCC3(CC(=O)N(c4cccc(C#N)c4)C3)C2)n1. The van der Waals surface area contributed by atoms with E-state index in [1.54, 1.807) is 12.1 Å². The normalized spacial score (nSPS) is 22.9. The third-order valence-corrected chi connectivity index (χ3v) is 5.46. The molecule has 4 rings (SSSR count). The lowest BCUT2D eigenvalue weighted by Gasteiger charge is -2.24. The Kier molecular flexibility index (Phi) is 4.21. The van der Waals surface area contributed by atoms with Crippen molar-refractivity contribution in [1.82, 2.24) is 9.88 Å². The van der Waals surface area contributed by atoms with Gasteiger partial charge >= 0.3 is 0 Å². The Bertz CT molecular complexity index is 888. The number of nitrogens with zero attached hydrogens (tertiary/aromatic N) is 4. The second-order valence-electron chi connectivity index (χ2n) is 7.55. The number of hydrogen-bond acceptors (Lipinski definition) is 4. The molecule has 132 valence electrons. The largest absolute Gasteiger partial charge is 0.312 e. The molecule has 0 N–H and O–H groups in total. The van der Waals surface area contributed by atoms with Crippen LogP contribution < -0.4 is 4.90 Å². The van der Waals surface area contributed by atoms with E-state index in [1.807, 2.05) is 36.1 Å². The number of amides is 1. The van der Waals surface area contributed by atoms with Crippen molar-refractivity contribution in [2.45, 2.75) is 26.3 Å². The van der Waals surface area contributed by atoms with Crippen LogP contribution in [0.25, 0.3) is 0 Å². The van der Waals surface area contributed by atoms with E-state index in [9.17, 15) is 4.79 Å². The summed E-state index contributed by atoms with van der Waals surface area (Å²) in [5.41, 5.74) is 3.57. The van der Waals surface area contributed by atoms with E-state index in [1.165, 1.54) is 0 Å². The number of nitriles is 1. The maximum absolute atomic E-state index is 12.7. The van der Waals surface area contributed by atoms with Crippen LogP contribution in [0.1, 0.15) is 29.8 Å². The molecule has 5 nitrogen and oxygen atoms in total. The van der Waals surface area contributed by atoms with E-state index in [0.29, 0.717) is 12.0 Å². The zero-order valence-corrected chi connectivity index (χ0v) is 15.0. The quantitative estimate of drug-likeness (QED) is 0.857. The molecule has 1 amide bonds. The molecule has 1 atom stereocenters. The molecule has 2 aromatic rings. The number of anilines is 1. The molecule has 2 aliphatic heterocycles. The second kappa shape index (κ2) is 6.54. The number of rotatable bonds is 3. The van der Waals surface area contributed by atoms with E-state index in [0.717, 1.165) is 49.7 Å². The van der Waals surface area contributed by atoms with Crippen LogP contribution in [-0.2, 0) is 11.3 Å². The molecule has 2 fully saturated rings. The van der Waals surface area contributed by atoms with Crippen LogP contribution in [0.4, 0.5) is 5.69 Å². The van der Waals surface area contributed by atoms with Crippen LogP contribution >= 0.6 is 0 Å². The summed E-state index contributed by atoms with van der Waals surface area (Å²) in [7, 11) is 0. The van der Waals surface area contributed by atoms with Crippen molar-refractivity contribution >= 4 is 11.6 Å². The minimum atomic E-state index is 0.0174. The molecular formula is C21H22N4O. The van der Waals surface area contributed by atoms with Gasteiger partial charge in [0.1, 0.15) is 0 Å². The lowest BCUT2D eigenvalue weighted by atomic mass is 9.86. The molecule has 1 aromatic heterocycles. The number of carbonyl (C=O) groups excluding carboxylic acids is 1. The molecule has 2 saturated heterocycles. The van der Waals surface area contributed by atoms with Gasteiger partial charge in [-0.1, -0.05) is 12.1 Å². The predicted octanol–water partition coefficient (Wildman–Crippen LogP) is 2.89. The maximum Gasteiger partial charge on any atom is 0.227 e. The zero-order chi connectivity index (χ0) is 18.1. The van der Waals surface area contributed by atoms with Crippen molar-refractivity contribution in [3.8, 4) is 6.07 Å². The van der Waals surface area contributed by atoms with Crippen LogP contribution in [0.5, 0.6) is 0 Å². The Balaban J connectivity index is 1.47. The van der Waals surface area contributed by atoms with Gasteiger partial charge in [-0.05, 0) is 50.2 Å². The lowest BCUT2D eigenvalue weighted by molar-refractivity contribution is -0.117. The number of hydrogen-bond donors (Lipinski definition) is 0. The summed E-state index contributed by atoms with van der Waals surface area (Å²) in [5, 5.41) is 9.10. The fraction of sp³-hybridized carbons (Fsp3) is 0.381. The van der Waals surface area contributed by atoms with Gasteiger partial charge in [0.15, 0.2) is 0 Å². The first-order chi connectivity index (χ1) is 12.6. The Morgan fingerprint density at radius 1 is 1.23 bits per heavy atom. The predicted molar refractivity (Wildman–Crippen MR) is 99.4 cm³/mol. The fourth-order valence-corrected chi connectivity index (χ4v) is 4.23. The topological polar surface area (TPSA) is 60.2 Å². The molecule has 0 aliphatic carbocycles. The van der Waals surface area contributed by atoms with Crippen molar-refractivity contribution in [1.29, 1.82) is 5.26 Å². The van der Waals surface area contributed by atoms with Gasteiger partial charge in [-0.25, -0.2) is 0 Å². The standard InChI is InChI=1S/C21H22N4O/c1-16-4-2-6-18(23-16)13-24-9-8-21(14-24)11-20(26)25(15-21)19-7-3-5-17(10-19)12-22/h2-7,10H,8-9,11,13-15H2,1H3.